The van der Waals surface area contributed by atoms with Crippen molar-refractivity contribution in [1.29, 1.82) is 0 Å². The van der Waals surface area contributed by atoms with Crippen molar-refractivity contribution in [3.63, 3.8) is 0 Å². The minimum Gasteiger partial charge on any atom is -0.484 e. The van der Waals surface area contributed by atoms with Gasteiger partial charge in [0.15, 0.2) is 6.61 Å². The lowest BCUT2D eigenvalue weighted by Crippen LogP contribution is -2.20. The first-order valence-electron chi connectivity index (χ1n) is 8.99. The van der Waals surface area contributed by atoms with Crippen molar-refractivity contribution in [2.24, 2.45) is 0 Å². The smallest absolute Gasteiger partial charge is 0.322 e. The van der Waals surface area contributed by atoms with Crippen LogP contribution in [0.15, 0.2) is 48.5 Å². The summed E-state index contributed by atoms with van der Waals surface area (Å²) in [5.41, 5.74) is 4.57. The fraction of sp³-hybridized carbons (Fsp3) is 0.227. The molecule has 0 atom stereocenters. The number of hydrogen-bond acceptors (Lipinski definition) is 5. The Morgan fingerprint density at radius 1 is 0.893 bits per heavy atom. The van der Waals surface area contributed by atoms with Crippen molar-refractivity contribution < 1.29 is 14.3 Å². The first-order chi connectivity index (χ1) is 13.4. The average molecular weight is 377 g/mol. The quantitative estimate of drug-likeness (QED) is 0.684. The lowest BCUT2D eigenvalue weighted by atomic mass is 10.1. The fourth-order valence-corrected chi connectivity index (χ4v) is 2.63. The molecule has 0 saturated heterocycles. The molecule has 0 aliphatic rings. The summed E-state index contributed by atoms with van der Waals surface area (Å²) in [5.74, 6) is 0.957. The van der Waals surface area contributed by atoms with Gasteiger partial charge in [0.1, 0.15) is 11.5 Å². The topological polar surface area (TPSA) is 73.3 Å². The van der Waals surface area contributed by atoms with Gasteiger partial charge in [-0.05, 0) is 69.2 Å². The molecule has 1 heterocycles. The molecule has 0 spiro atoms. The summed E-state index contributed by atoms with van der Waals surface area (Å²) in [6.45, 7) is 7.73. The number of nitrogens with one attached hydrogen (secondary N) is 1. The summed E-state index contributed by atoms with van der Waals surface area (Å²) in [4.78, 5) is 20.7. The molecule has 3 rings (SSSR count). The first kappa shape index (κ1) is 19.4. The van der Waals surface area contributed by atoms with E-state index in [0.717, 1.165) is 17.0 Å². The predicted molar refractivity (Wildman–Crippen MR) is 108 cm³/mol. The number of aromatic nitrogens is 2. The van der Waals surface area contributed by atoms with Gasteiger partial charge in [0, 0.05) is 23.1 Å². The third kappa shape index (κ3) is 5.30. The van der Waals surface area contributed by atoms with E-state index in [0.29, 0.717) is 17.2 Å². The van der Waals surface area contributed by atoms with Crippen molar-refractivity contribution in [3.05, 3.63) is 71.0 Å². The standard InChI is InChI=1S/C22H23N3O3/c1-14-8-9-19(10-15(14)2)27-13-21(26)25-18-6-5-7-20(12-18)28-22-23-16(3)11-17(4)24-22/h5-12H,13H2,1-4H3,(H,25,26). The van der Waals surface area contributed by atoms with Crippen LogP contribution in [0.5, 0.6) is 17.5 Å². The number of carbonyl (C=O) groups excluding carboxylic acids is 1. The van der Waals surface area contributed by atoms with E-state index in [1.807, 2.05) is 52.0 Å². The molecule has 6 nitrogen and oxygen atoms in total. The van der Waals surface area contributed by atoms with Gasteiger partial charge in [-0.2, -0.15) is 0 Å². The molecule has 3 aromatic rings. The number of aryl methyl sites for hydroxylation is 4. The number of ether oxygens (including phenoxy) is 2. The van der Waals surface area contributed by atoms with E-state index in [1.54, 1.807) is 24.3 Å². The van der Waals surface area contributed by atoms with Crippen molar-refractivity contribution in [3.8, 4) is 17.5 Å². The summed E-state index contributed by atoms with van der Waals surface area (Å²) in [6.07, 6.45) is 0. The molecule has 0 saturated carbocycles. The molecule has 0 radical (unpaired) electrons. The highest BCUT2D eigenvalue weighted by Gasteiger charge is 2.07. The third-order valence-electron chi connectivity index (χ3n) is 4.14. The fourth-order valence-electron chi connectivity index (χ4n) is 2.63. The summed E-state index contributed by atoms with van der Waals surface area (Å²) in [5, 5.41) is 2.80. The largest absolute Gasteiger partial charge is 0.484 e. The Morgan fingerprint density at radius 2 is 1.64 bits per heavy atom. The van der Waals surface area contributed by atoms with Crippen LogP contribution in [0.25, 0.3) is 0 Å². The van der Waals surface area contributed by atoms with Crippen molar-refractivity contribution in [1.82, 2.24) is 9.97 Å². The molecule has 144 valence electrons. The van der Waals surface area contributed by atoms with Crippen LogP contribution in [-0.2, 0) is 4.79 Å². The molecular formula is C22H23N3O3. The molecule has 28 heavy (non-hydrogen) atoms. The molecule has 2 aromatic carbocycles. The summed E-state index contributed by atoms with van der Waals surface area (Å²) < 4.78 is 11.3. The maximum atomic E-state index is 12.2. The minimum atomic E-state index is -0.252. The summed E-state index contributed by atoms with van der Waals surface area (Å²) in [6, 6.07) is 15.0. The first-order valence-corrected chi connectivity index (χ1v) is 8.99. The number of amides is 1. The second-order valence-electron chi connectivity index (χ2n) is 6.65. The second-order valence-corrected chi connectivity index (χ2v) is 6.65. The summed E-state index contributed by atoms with van der Waals surface area (Å²) >= 11 is 0. The van der Waals surface area contributed by atoms with Crippen LogP contribution >= 0.6 is 0 Å². The van der Waals surface area contributed by atoms with E-state index in [-0.39, 0.29) is 18.5 Å². The van der Waals surface area contributed by atoms with Crippen LogP contribution in [0.1, 0.15) is 22.5 Å². The Kier molecular flexibility index (Phi) is 5.89. The van der Waals surface area contributed by atoms with Gasteiger partial charge in [-0.25, -0.2) is 9.97 Å². The molecule has 1 N–H and O–H groups in total. The van der Waals surface area contributed by atoms with Crippen LogP contribution in [0.4, 0.5) is 5.69 Å². The van der Waals surface area contributed by atoms with Gasteiger partial charge in [0.25, 0.3) is 5.91 Å². The molecule has 0 fully saturated rings. The number of rotatable bonds is 6. The van der Waals surface area contributed by atoms with Gasteiger partial charge in [0.2, 0.25) is 0 Å². The van der Waals surface area contributed by atoms with E-state index < -0.39 is 0 Å². The van der Waals surface area contributed by atoms with Gasteiger partial charge in [-0.3, -0.25) is 4.79 Å². The van der Waals surface area contributed by atoms with Crippen molar-refractivity contribution in [2.45, 2.75) is 27.7 Å². The predicted octanol–water partition coefficient (Wildman–Crippen LogP) is 4.52. The Morgan fingerprint density at radius 3 is 2.36 bits per heavy atom. The minimum absolute atomic E-state index is 0.0756. The maximum Gasteiger partial charge on any atom is 0.322 e. The Balaban J connectivity index is 1.60. The second kappa shape index (κ2) is 8.52. The molecule has 0 aliphatic heterocycles. The molecular weight excluding hydrogens is 354 g/mol. The molecule has 0 bridgehead atoms. The highest BCUT2D eigenvalue weighted by molar-refractivity contribution is 5.92. The Hall–Kier alpha value is -3.41. The molecule has 6 heteroatoms. The monoisotopic (exact) mass is 377 g/mol. The van der Waals surface area contributed by atoms with E-state index in [1.165, 1.54) is 5.56 Å². The van der Waals surface area contributed by atoms with E-state index in [4.69, 9.17) is 9.47 Å². The number of hydrogen-bond donors (Lipinski definition) is 1. The van der Waals surface area contributed by atoms with Gasteiger partial charge >= 0.3 is 6.01 Å². The van der Waals surface area contributed by atoms with Gasteiger partial charge in [-0.15, -0.1) is 0 Å². The number of benzene rings is 2. The van der Waals surface area contributed by atoms with E-state index >= 15 is 0 Å². The lowest BCUT2D eigenvalue weighted by molar-refractivity contribution is -0.118. The highest BCUT2D eigenvalue weighted by Crippen LogP contribution is 2.22. The van der Waals surface area contributed by atoms with E-state index in [9.17, 15) is 4.79 Å². The van der Waals surface area contributed by atoms with Crippen LogP contribution in [0.3, 0.4) is 0 Å². The highest BCUT2D eigenvalue weighted by atomic mass is 16.5. The van der Waals surface area contributed by atoms with Crippen LogP contribution < -0.4 is 14.8 Å². The zero-order chi connectivity index (χ0) is 20.1. The average Bonchev–Trinajstić information content (AvgIpc) is 2.62. The van der Waals surface area contributed by atoms with Crippen molar-refractivity contribution in [2.75, 3.05) is 11.9 Å². The van der Waals surface area contributed by atoms with Crippen LogP contribution in [0.2, 0.25) is 0 Å². The van der Waals surface area contributed by atoms with Crippen molar-refractivity contribution >= 4 is 11.6 Å². The summed E-state index contributed by atoms with van der Waals surface area (Å²) in [7, 11) is 0. The normalized spacial score (nSPS) is 10.4. The molecule has 0 unspecified atom stereocenters. The third-order valence-corrected chi connectivity index (χ3v) is 4.14. The van der Waals surface area contributed by atoms with E-state index in [2.05, 4.69) is 15.3 Å². The molecule has 1 amide bonds. The maximum absolute atomic E-state index is 12.2. The van der Waals surface area contributed by atoms with Crippen LogP contribution in [0, 0.1) is 27.7 Å². The zero-order valence-corrected chi connectivity index (χ0v) is 16.4. The van der Waals surface area contributed by atoms with Gasteiger partial charge < -0.3 is 14.8 Å². The lowest BCUT2D eigenvalue weighted by Gasteiger charge is -2.10. The number of anilines is 1. The molecule has 1 aromatic heterocycles. The Labute approximate surface area is 164 Å². The SMILES string of the molecule is Cc1cc(C)nc(Oc2cccc(NC(=O)COc3ccc(C)c(C)c3)c2)n1. The zero-order valence-electron chi connectivity index (χ0n) is 16.4. The van der Waals surface area contributed by atoms with Gasteiger partial charge in [0.05, 0.1) is 0 Å². The number of nitrogens with zero attached hydrogens (tertiary/aromatic N) is 2. The molecule has 0 aliphatic carbocycles. The Bertz CT molecular complexity index is 982. The van der Waals surface area contributed by atoms with Gasteiger partial charge in [-0.1, -0.05) is 12.1 Å². The number of carbonyl (C=O) groups is 1. The van der Waals surface area contributed by atoms with Crippen LogP contribution in [-0.4, -0.2) is 22.5 Å².